The van der Waals surface area contributed by atoms with Gasteiger partial charge in [0, 0.05) is 25.7 Å². The highest BCUT2D eigenvalue weighted by Gasteiger charge is 2.40. The minimum absolute atomic E-state index is 0.404. The summed E-state index contributed by atoms with van der Waals surface area (Å²) in [4.78, 5) is 0. The molecule has 2 nitrogen and oxygen atoms in total. The van der Waals surface area contributed by atoms with Gasteiger partial charge in [-0.25, -0.2) is 0 Å². The molecule has 0 N–H and O–H groups in total. The van der Waals surface area contributed by atoms with Gasteiger partial charge in [0.15, 0.2) is 5.79 Å². The number of benzene rings is 1. The molecule has 174 valence electrons. The molecule has 0 aliphatic heterocycles. The van der Waals surface area contributed by atoms with E-state index in [-0.39, 0.29) is 0 Å². The van der Waals surface area contributed by atoms with Crippen LogP contribution in [-0.2, 0) is 15.3 Å². The molecule has 0 amide bonds. The van der Waals surface area contributed by atoms with E-state index in [4.69, 9.17) is 9.47 Å². The summed E-state index contributed by atoms with van der Waals surface area (Å²) in [6.45, 7) is 4.57. The third-order valence-corrected chi connectivity index (χ3v) is 6.63. The van der Waals surface area contributed by atoms with E-state index < -0.39 is 5.79 Å². The van der Waals surface area contributed by atoms with E-state index >= 15 is 0 Å². The number of ether oxygens (including phenoxy) is 2. The summed E-state index contributed by atoms with van der Waals surface area (Å²) in [5.74, 6) is -0.215. The molecule has 2 heteroatoms. The molecule has 0 aromatic heterocycles. The Morgan fingerprint density at radius 1 is 0.600 bits per heavy atom. The van der Waals surface area contributed by atoms with Gasteiger partial charge in [0.1, 0.15) is 0 Å². The van der Waals surface area contributed by atoms with Crippen molar-refractivity contribution in [2.75, 3.05) is 14.2 Å². The molecule has 0 spiro atoms. The molecule has 0 saturated heterocycles. The fourth-order valence-electron chi connectivity index (χ4n) is 4.78. The molecule has 1 atom stereocenters. The van der Waals surface area contributed by atoms with E-state index in [9.17, 15) is 0 Å². The van der Waals surface area contributed by atoms with Crippen LogP contribution in [0.4, 0.5) is 0 Å². The van der Waals surface area contributed by atoms with E-state index in [1.165, 1.54) is 103 Å². The van der Waals surface area contributed by atoms with Crippen molar-refractivity contribution in [1.29, 1.82) is 0 Å². The molecule has 0 heterocycles. The first-order chi connectivity index (χ1) is 14.7. The second-order valence-corrected chi connectivity index (χ2v) is 8.96. The molecule has 1 rings (SSSR count). The summed E-state index contributed by atoms with van der Waals surface area (Å²) in [5, 5.41) is 0. The predicted octanol–water partition coefficient (Wildman–Crippen LogP) is 9.03. The Labute approximate surface area is 188 Å². The smallest absolute Gasteiger partial charge is 0.197 e. The Hall–Kier alpha value is -0.860. The zero-order valence-electron chi connectivity index (χ0n) is 20.6. The summed E-state index contributed by atoms with van der Waals surface area (Å²) in [5.41, 5.74) is 1.16. The van der Waals surface area contributed by atoms with Crippen molar-refractivity contribution in [1.82, 2.24) is 0 Å². The maximum atomic E-state index is 6.13. The Bertz CT molecular complexity index is 481. The fraction of sp³-hybridized carbons (Fsp3) is 0.786. The maximum absolute atomic E-state index is 6.13. The maximum Gasteiger partial charge on any atom is 0.197 e. The number of methoxy groups -OCH3 is 2. The molecule has 0 aliphatic carbocycles. The number of hydrogen-bond donors (Lipinski definition) is 0. The van der Waals surface area contributed by atoms with Crippen molar-refractivity contribution in [2.24, 2.45) is 5.92 Å². The molecule has 1 unspecified atom stereocenters. The molecular formula is C28H50O2. The Kier molecular flexibility index (Phi) is 16.1. The van der Waals surface area contributed by atoms with Crippen LogP contribution in [-0.4, -0.2) is 14.2 Å². The van der Waals surface area contributed by atoms with Gasteiger partial charge in [-0.05, 0) is 12.8 Å². The minimum Gasteiger partial charge on any atom is -0.349 e. The lowest BCUT2D eigenvalue weighted by Gasteiger charge is -2.39. The lowest BCUT2D eigenvalue weighted by atomic mass is 9.83. The highest BCUT2D eigenvalue weighted by Crippen LogP contribution is 2.40. The molecule has 30 heavy (non-hydrogen) atoms. The van der Waals surface area contributed by atoms with E-state index in [2.05, 4.69) is 44.2 Å². The van der Waals surface area contributed by atoms with Crippen LogP contribution >= 0.6 is 0 Å². The van der Waals surface area contributed by atoms with Crippen molar-refractivity contribution < 1.29 is 9.47 Å². The van der Waals surface area contributed by atoms with Gasteiger partial charge in [-0.1, -0.05) is 134 Å². The van der Waals surface area contributed by atoms with Crippen LogP contribution in [0.1, 0.15) is 122 Å². The topological polar surface area (TPSA) is 18.5 Å². The molecule has 0 aliphatic rings. The summed E-state index contributed by atoms with van der Waals surface area (Å²) in [6.07, 6.45) is 21.3. The van der Waals surface area contributed by atoms with Crippen molar-refractivity contribution in [3.63, 3.8) is 0 Å². The number of unbranched alkanes of at least 4 members (excludes halogenated alkanes) is 12. The summed E-state index contributed by atoms with van der Waals surface area (Å²) in [6, 6.07) is 10.6. The first kappa shape index (κ1) is 27.2. The first-order valence-corrected chi connectivity index (χ1v) is 12.9. The second-order valence-electron chi connectivity index (χ2n) is 8.96. The molecular weight excluding hydrogens is 368 g/mol. The Morgan fingerprint density at radius 3 is 1.40 bits per heavy atom. The third kappa shape index (κ3) is 9.96. The van der Waals surface area contributed by atoms with Crippen LogP contribution in [0, 0.1) is 5.92 Å². The average molecular weight is 419 g/mol. The van der Waals surface area contributed by atoms with Crippen LogP contribution in [0.2, 0.25) is 0 Å². The summed E-state index contributed by atoms with van der Waals surface area (Å²) >= 11 is 0. The van der Waals surface area contributed by atoms with Crippen LogP contribution < -0.4 is 0 Å². The summed E-state index contributed by atoms with van der Waals surface area (Å²) < 4.78 is 12.3. The van der Waals surface area contributed by atoms with Gasteiger partial charge in [-0.15, -0.1) is 0 Å². The second kappa shape index (κ2) is 17.8. The first-order valence-electron chi connectivity index (χ1n) is 12.9. The Balaban J connectivity index is 2.64. The van der Waals surface area contributed by atoms with E-state index in [1.54, 1.807) is 0 Å². The van der Waals surface area contributed by atoms with Gasteiger partial charge < -0.3 is 9.47 Å². The van der Waals surface area contributed by atoms with Gasteiger partial charge in [0.25, 0.3) is 0 Å². The van der Waals surface area contributed by atoms with E-state index in [0.717, 1.165) is 5.56 Å². The normalized spacial score (nSPS) is 12.9. The van der Waals surface area contributed by atoms with Gasteiger partial charge in [0.2, 0.25) is 0 Å². The summed E-state index contributed by atoms with van der Waals surface area (Å²) in [7, 11) is 3.64. The van der Waals surface area contributed by atoms with Gasteiger partial charge >= 0.3 is 0 Å². The average Bonchev–Trinajstić information content (AvgIpc) is 2.79. The van der Waals surface area contributed by atoms with Crippen LogP contribution in [0.3, 0.4) is 0 Å². The standard InChI is InChI=1S/C28H50O2/c1-5-7-9-11-13-14-16-19-23-26(22-18-15-12-10-8-6-2)28(29-3,30-4)27-24-20-17-21-25-27/h17,20-21,24-26H,5-16,18-19,22-23H2,1-4H3. The van der Waals surface area contributed by atoms with Crippen molar-refractivity contribution in [3.05, 3.63) is 35.9 Å². The van der Waals surface area contributed by atoms with Crippen molar-refractivity contribution in [3.8, 4) is 0 Å². The monoisotopic (exact) mass is 418 g/mol. The molecule has 0 saturated carbocycles. The quantitative estimate of drug-likeness (QED) is 0.155. The molecule has 1 aromatic carbocycles. The zero-order chi connectivity index (χ0) is 21.9. The van der Waals surface area contributed by atoms with E-state index in [1.807, 2.05) is 14.2 Å². The molecule has 1 aromatic rings. The lowest BCUT2D eigenvalue weighted by Crippen LogP contribution is -2.39. The fourth-order valence-corrected chi connectivity index (χ4v) is 4.78. The molecule has 0 radical (unpaired) electrons. The minimum atomic E-state index is -0.619. The molecule has 0 fully saturated rings. The predicted molar refractivity (Wildman–Crippen MR) is 131 cm³/mol. The largest absolute Gasteiger partial charge is 0.349 e. The van der Waals surface area contributed by atoms with Gasteiger partial charge in [-0.3, -0.25) is 0 Å². The number of hydrogen-bond acceptors (Lipinski definition) is 2. The van der Waals surface area contributed by atoms with Gasteiger partial charge in [-0.2, -0.15) is 0 Å². The SMILES string of the molecule is CCCCCCCCCCC(CCCCCCCC)C(OC)(OC)c1ccccc1. The highest BCUT2D eigenvalue weighted by atomic mass is 16.7. The third-order valence-electron chi connectivity index (χ3n) is 6.63. The van der Waals surface area contributed by atoms with Crippen LogP contribution in [0.5, 0.6) is 0 Å². The van der Waals surface area contributed by atoms with Crippen molar-refractivity contribution >= 4 is 0 Å². The highest BCUT2D eigenvalue weighted by molar-refractivity contribution is 5.21. The van der Waals surface area contributed by atoms with Gasteiger partial charge in [0.05, 0.1) is 0 Å². The lowest BCUT2D eigenvalue weighted by molar-refractivity contribution is -0.253. The van der Waals surface area contributed by atoms with E-state index in [0.29, 0.717) is 5.92 Å². The number of rotatable bonds is 20. The zero-order valence-corrected chi connectivity index (χ0v) is 20.6. The van der Waals surface area contributed by atoms with Crippen LogP contribution in [0.15, 0.2) is 30.3 Å². The Morgan fingerprint density at radius 2 is 1.00 bits per heavy atom. The van der Waals surface area contributed by atoms with Crippen LogP contribution in [0.25, 0.3) is 0 Å². The van der Waals surface area contributed by atoms with Crippen molar-refractivity contribution in [2.45, 2.75) is 122 Å². The molecule has 0 bridgehead atoms.